The molecule has 23 heavy (non-hydrogen) atoms. The van der Waals surface area contributed by atoms with Crippen LogP contribution >= 0.6 is 35.1 Å². The molecule has 1 aromatic carbocycles. The van der Waals surface area contributed by atoms with E-state index in [0.29, 0.717) is 6.04 Å². The van der Waals surface area contributed by atoms with Crippen LogP contribution in [0.5, 0.6) is 0 Å². The Morgan fingerprint density at radius 3 is 2.74 bits per heavy atom. The van der Waals surface area contributed by atoms with Crippen molar-refractivity contribution in [3.8, 4) is 0 Å². The van der Waals surface area contributed by atoms with E-state index in [-0.39, 0.29) is 12.0 Å². The number of aliphatic hydroxyl groups excluding tert-OH is 1. The van der Waals surface area contributed by atoms with Crippen molar-refractivity contribution in [3.63, 3.8) is 0 Å². The lowest BCUT2D eigenvalue weighted by Crippen LogP contribution is -2.51. The van der Waals surface area contributed by atoms with Gasteiger partial charge in [0.25, 0.3) is 0 Å². The Kier molecular flexibility index (Phi) is 6.62. The molecule has 2 nitrogen and oxygen atoms in total. The van der Waals surface area contributed by atoms with E-state index >= 15 is 0 Å². The summed E-state index contributed by atoms with van der Waals surface area (Å²) in [6.07, 6.45) is 3.22. The van der Waals surface area contributed by atoms with Gasteiger partial charge in [-0.2, -0.15) is 23.5 Å². The van der Waals surface area contributed by atoms with Gasteiger partial charge >= 0.3 is 0 Å². The van der Waals surface area contributed by atoms with E-state index in [0.717, 1.165) is 24.4 Å². The summed E-state index contributed by atoms with van der Waals surface area (Å²) >= 11 is 10.3. The summed E-state index contributed by atoms with van der Waals surface area (Å²) in [6.45, 7) is 2.47. The summed E-state index contributed by atoms with van der Waals surface area (Å²) in [6, 6.07) is 8.79. The van der Waals surface area contributed by atoms with Gasteiger partial charge in [-0.15, -0.1) is 0 Å². The number of benzene rings is 1. The van der Waals surface area contributed by atoms with Gasteiger partial charge in [0.2, 0.25) is 0 Å². The highest BCUT2D eigenvalue weighted by molar-refractivity contribution is 8.03. The molecule has 128 valence electrons. The molecule has 2 aliphatic rings. The zero-order chi connectivity index (χ0) is 16.1. The molecular weight excluding hydrogens is 346 g/mol. The third-order valence-corrected chi connectivity index (χ3v) is 7.72. The van der Waals surface area contributed by atoms with Gasteiger partial charge < -0.3 is 5.11 Å². The average molecular weight is 372 g/mol. The van der Waals surface area contributed by atoms with E-state index < -0.39 is 0 Å². The zero-order valence-electron chi connectivity index (χ0n) is 13.5. The van der Waals surface area contributed by atoms with Gasteiger partial charge in [0.05, 0.1) is 6.61 Å². The standard InChI is InChI=1S/C18H26ClNOS2/c19-16-4-1-3-15(9-16)10-18(14-21)5-2-6-20(13-18)17-11-22-7-8-23-12-17/h1,3-4,9,17,21H,2,5-8,10-14H2/t18-/m1/s1. The highest BCUT2D eigenvalue weighted by Gasteiger charge is 2.37. The van der Waals surface area contributed by atoms with Crippen molar-refractivity contribution in [1.29, 1.82) is 0 Å². The highest BCUT2D eigenvalue weighted by atomic mass is 35.5. The molecule has 5 heteroatoms. The van der Waals surface area contributed by atoms with Crippen molar-refractivity contribution in [3.05, 3.63) is 34.9 Å². The topological polar surface area (TPSA) is 23.5 Å². The number of aliphatic hydroxyl groups is 1. The van der Waals surface area contributed by atoms with E-state index in [1.807, 2.05) is 12.1 Å². The number of rotatable bonds is 4. The second-order valence-electron chi connectivity index (χ2n) is 6.84. The van der Waals surface area contributed by atoms with Gasteiger partial charge in [0, 0.05) is 46.0 Å². The van der Waals surface area contributed by atoms with Gasteiger partial charge in [-0.1, -0.05) is 23.7 Å². The number of hydrogen-bond acceptors (Lipinski definition) is 4. The Labute approximate surface area is 153 Å². The molecule has 3 rings (SSSR count). The second kappa shape index (κ2) is 8.48. The van der Waals surface area contributed by atoms with E-state index in [2.05, 4.69) is 40.6 Å². The minimum absolute atomic E-state index is 0.00936. The molecule has 0 amide bonds. The molecule has 1 aromatic rings. The fraction of sp³-hybridized carbons (Fsp3) is 0.667. The van der Waals surface area contributed by atoms with Crippen LogP contribution in [0.15, 0.2) is 24.3 Å². The summed E-state index contributed by atoms with van der Waals surface area (Å²) in [5.41, 5.74) is 1.24. The van der Waals surface area contributed by atoms with Crippen molar-refractivity contribution in [2.24, 2.45) is 5.41 Å². The Hall–Kier alpha value is 0.130. The molecule has 2 aliphatic heterocycles. The van der Waals surface area contributed by atoms with Gasteiger partial charge in [0.1, 0.15) is 0 Å². The molecule has 0 aliphatic carbocycles. The minimum Gasteiger partial charge on any atom is -0.396 e. The van der Waals surface area contributed by atoms with Crippen molar-refractivity contribution in [2.75, 3.05) is 42.7 Å². The van der Waals surface area contributed by atoms with E-state index in [1.165, 1.54) is 41.5 Å². The van der Waals surface area contributed by atoms with Crippen molar-refractivity contribution in [1.82, 2.24) is 4.90 Å². The summed E-state index contributed by atoms with van der Waals surface area (Å²) in [4.78, 5) is 2.65. The molecular formula is C18H26ClNOS2. The van der Waals surface area contributed by atoms with Gasteiger partial charge in [-0.25, -0.2) is 0 Å². The average Bonchev–Trinajstić information content (AvgIpc) is 2.84. The van der Waals surface area contributed by atoms with Gasteiger partial charge in [-0.3, -0.25) is 4.90 Å². The maximum absolute atomic E-state index is 10.2. The first-order valence-corrected chi connectivity index (χ1v) is 11.1. The van der Waals surface area contributed by atoms with Crippen LogP contribution in [0.4, 0.5) is 0 Å². The van der Waals surface area contributed by atoms with Crippen molar-refractivity contribution in [2.45, 2.75) is 25.3 Å². The summed E-state index contributed by atoms with van der Waals surface area (Å²) in [5, 5.41) is 11.0. The van der Waals surface area contributed by atoms with Gasteiger partial charge in [-0.05, 0) is 43.5 Å². The van der Waals surface area contributed by atoms with Crippen LogP contribution < -0.4 is 0 Å². The fourth-order valence-electron chi connectivity index (χ4n) is 3.78. The first kappa shape index (κ1) is 17.9. The zero-order valence-corrected chi connectivity index (χ0v) is 15.9. The molecule has 0 saturated carbocycles. The monoisotopic (exact) mass is 371 g/mol. The molecule has 0 aromatic heterocycles. The van der Waals surface area contributed by atoms with Crippen LogP contribution in [0.3, 0.4) is 0 Å². The number of halogens is 1. The molecule has 0 unspecified atom stereocenters. The Bertz CT molecular complexity index is 508. The number of hydrogen-bond donors (Lipinski definition) is 1. The molecule has 0 radical (unpaired) electrons. The lowest BCUT2D eigenvalue weighted by molar-refractivity contribution is 0.0207. The Balaban J connectivity index is 1.70. The third kappa shape index (κ3) is 4.82. The number of piperidine rings is 1. The van der Waals surface area contributed by atoms with E-state index in [9.17, 15) is 5.11 Å². The molecule has 0 bridgehead atoms. The van der Waals surface area contributed by atoms with Crippen LogP contribution in [-0.4, -0.2) is 58.8 Å². The maximum Gasteiger partial charge on any atom is 0.0502 e. The van der Waals surface area contributed by atoms with E-state index in [1.54, 1.807) is 0 Å². The largest absolute Gasteiger partial charge is 0.396 e. The molecule has 1 atom stereocenters. The van der Waals surface area contributed by atoms with Crippen LogP contribution in [-0.2, 0) is 6.42 Å². The number of likely N-dealkylation sites (tertiary alicyclic amines) is 1. The molecule has 1 N–H and O–H groups in total. The first-order chi connectivity index (χ1) is 11.2. The molecule has 0 spiro atoms. The highest BCUT2D eigenvalue weighted by Crippen LogP contribution is 2.36. The molecule has 2 saturated heterocycles. The number of thioether (sulfide) groups is 2. The first-order valence-electron chi connectivity index (χ1n) is 8.46. The fourth-order valence-corrected chi connectivity index (χ4v) is 6.62. The minimum atomic E-state index is -0.00936. The molecule has 2 fully saturated rings. The normalized spacial score (nSPS) is 27.7. The van der Waals surface area contributed by atoms with Crippen molar-refractivity contribution >= 4 is 35.1 Å². The van der Waals surface area contributed by atoms with Crippen LogP contribution in [0.2, 0.25) is 5.02 Å². The lowest BCUT2D eigenvalue weighted by atomic mass is 9.75. The van der Waals surface area contributed by atoms with Crippen LogP contribution in [0.25, 0.3) is 0 Å². The third-order valence-electron chi connectivity index (χ3n) is 5.00. The van der Waals surface area contributed by atoms with Crippen molar-refractivity contribution < 1.29 is 5.11 Å². The van der Waals surface area contributed by atoms with Crippen LogP contribution in [0.1, 0.15) is 18.4 Å². The van der Waals surface area contributed by atoms with E-state index in [4.69, 9.17) is 11.6 Å². The number of nitrogens with zero attached hydrogens (tertiary/aromatic N) is 1. The Morgan fingerprint density at radius 2 is 2.04 bits per heavy atom. The SMILES string of the molecule is OC[C@@]1(Cc2cccc(Cl)c2)CCCN(C2CSCCSC2)C1. The predicted molar refractivity (Wildman–Crippen MR) is 104 cm³/mol. The molecule has 2 heterocycles. The second-order valence-corrected chi connectivity index (χ2v) is 9.58. The smallest absolute Gasteiger partial charge is 0.0502 e. The predicted octanol–water partition coefficient (Wildman–Crippen LogP) is 3.81. The van der Waals surface area contributed by atoms with Gasteiger partial charge in [0.15, 0.2) is 0 Å². The quantitative estimate of drug-likeness (QED) is 0.869. The Morgan fingerprint density at radius 1 is 1.26 bits per heavy atom. The summed E-state index contributed by atoms with van der Waals surface area (Å²) in [5.74, 6) is 5.04. The maximum atomic E-state index is 10.2. The summed E-state index contributed by atoms with van der Waals surface area (Å²) < 4.78 is 0. The summed E-state index contributed by atoms with van der Waals surface area (Å²) in [7, 11) is 0. The lowest BCUT2D eigenvalue weighted by Gasteiger charge is -2.45. The van der Waals surface area contributed by atoms with Crippen LogP contribution in [0, 0.1) is 5.41 Å².